The first-order valence-corrected chi connectivity index (χ1v) is 7.75. The Hall–Kier alpha value is -0.610. The molecule has 4 atom stereocenters. The number of nitrogens with two attached hydrogens (primary N) is 1. The first-order valence-electron chi connectivity index (χ1n) is 7.75. The van der Waals surface area contributed by atoms with E-state index in [4.69, 9.17) is 5.73 Å². The van der Waals surface area contributed by atoms with E-state index in [0.717, 1.165) is 25.7 Å². The Morgan fingerprint density at radius 1 is 1.37 bits per heavy atom. The van der Waals surface area contributed by atoms with Gasteiger partial charge in [-0.1, -0.05) is 26.2 Å². The Labute approximate surface area is 118 Å². The van der Waals surface area contributed by atoms with E-state index in [1.54, 1.807) is 0 Å². The van der Waals surface area contributed by atoms with Crippen LogP contribution in [0.15, 0.2) is 0 Å². The average Bonchev–Trinajstić information content (AvgIpc) is 2.37. The highest BCUT2D eigenvalue weighted by atomic mass is 16.2. The molecule has 1 aliphatic carbocycles. The fraction of sp³-hybridized carbons (Fsp3) is 0.933. The summed E-state index contributed by atoms with van der Waals surface area (Å²) in [4.78, 5) is 14.4. The van der Waals surface area contributed by atoms with Crippen LogP contribution in [0.2, 0.25) is 0 Å². The Morgan fingerprint density at radius 3 is 2.58 bits per heavy atom. The van der Waals surface area contributed by atoms with Crippen molar-refractivity contribution in [1.29, 1.82) is 0 Å². The number of carbonyl (C=O) groups is 1. The van der Waals surface area contributed by atoms with Crippen molar-refractivity contribution in [1.82, 2.24) is 10.2 Å². The fourth-order valence-corrected chi connectivity index (χ4v) is 2.99. The van der Waals surface area contributed by atoms with Gasteiger partial charge in [-0.3, -0.25) is 9.69 Å². The molecule has 0 aromatic heterocycles. The molecule has 112 valence electrons. The summed E-state index contributed by atoms with van der Waals surface area (Å²) >= 11 is 0. The molecular weight excluding hydrogens is 238 g/mol. The molecule has 0 radical (unpaired) electrons. The van der Waals surface area contributed by atoms with Crippen molar-refractivity contribution in [3.05, 3.63) is 0 Å². The predicted molar refractivity (Wildman–Crippen MR) is 80.0 cm³/mol. The van der Waals surface area contributed by atoms with E-state index >= 15 is 0 Å². The summed E-state index contributed by atoms with van der Waals surface area (Å²) in [5.41, 5.74) is 6.19. The zero-order chi connectivity index (χ0) is 14.4. The van der Waals surface area contributed by atoms with Gasteiger partial charge >= 0.3 is 0 Å². The first kappa shape index (κ1) is 16.4. The molecule has 0 spiro atoms. The molecular formula is C15H31N3O. The lowest BCUT2D eigenvalue weighted by Crippen LogP contribution is -2.55. The van der Waals surface area contributed by atoms with E-state index in [0.29, 0.717) is 6.04 Å². The third kappa shape index (κ3) is 4.77. The molecule has 1 rings (SSSR count). The summed E-state index contributed by atoms with van der Waals surface area (Å²) in [6.07, 6.45) is 6.77. The normalized spacial score (nSPS) is 27.1. The fourth-order valence-electron chi connectivity index (χ4n) is 2.99. The summed E-state index contributed by atoms with van der Waals surface area (Å²) in [5.74, 6) is 0.126. The van der Waals surface area contributed by atoms with Crippen LogP contribution in [0.1, 0.15) is 59.3 Å². The summed E-state index contributed by atoms with van der Waals surface area (Å²) in [7, 11) is 2.03. The van der Waals surface area contributed by atoms with Crippen LogP contribution in [0.5, 0.6) is 0 Å². The molecule has 0 saturated heterocycles. The maximum Gasteiger partial charge on any atom is 0.237 e. The standard InChI is InChI=1S/C15H31N3O/c1-5-8-11(2)17-15(19)12(3)18(4)14-10-7-6-9-13(14)16/h11-14H,5-10,16H2,1-4H3,(H,17,19). The molecule has 1 fully saturated rings. The molecule has 0 bridgehead atoms. The van der Waals surface area contributed by atoms with E-state index in [-0.39, 0.29) is 24.0 Å². The zero-order valence-electron chi connectivity index (χ0n) is 13.0. The number of carbonyl (C=O) groups excluding carboxylic acids is 1. The van der Waals surface area contributed by atoms with Crippen LogP contribution < -0.4 is 11.1 Å². The molecule has 4 heteroatoms. The number of amides is 1. The third-order valence-corrected chi connectivity index (χ3v) is 4.41. The number of rotatable bonds is 6. The van der Waals surface area contributed by atoms with Crippen LogP contribution in [0.4, 0.5) is 0 Å². The lowest BCUT2D eigenvalue weighted by atomic mass is 9.89. The number of likely N-dealkylation sites (N-methyl/N-ethyl adjacent to an activating group) is 1. The minimum Gasteiger partial charge on any atom is -0.352 e. The smallest absolute Gasteiger partial charge is 0.237 e. The first-order chi connectivity index (χ1) is 8.97. The van der Waals surface area contributed by atoms with Crippen molar-refractivity contribution >= 4 is 5.91 Å². The number of hydrogen-bond acceptors (Lipinski definition) is 3. The van der Waals surface area contributed by atoms with E-state index in [1.165, 1.54) is 12.8 Å². The molecule has 3 N–H and O–H groups in total. The van der Waals surface area contributed by atoms with Gasteiger partial charge in [-0.25, -0.2) is 0 Å². The second-order valence-electron chi connectivity index (χ2n) is 6.06. The monoisotopic (exact) mass is 269 g/mol. The average molecular weight is 269 g/mol. The lowest BCUT2D eigenvalue weighted by Gasteiger charge is -2.39. The van der Waals surface area contributed by atoms with E-state index in [2.05, 4.69) is 24.1 Å². The molecule has 1 amide bonds. The number of nitrogens with one attached hydrogen (secondary N) is 1. The second-order valence-corrected chi connectivity index (χ2v) is 6.06. The molecule has 0 aliphatic heterocycles. The van der Waals surface area contributed by atoms with Crippen molar-refractivity contribution in [2.24, 2.45) is 5.73 Å². The molecule has 4 unspecified atom stereocenters. The maximum atomic E-state index is 12.2. The van der Waals surface area contributed by atoms with Crippen LogP contribution in [-0.2, 0) is 4.79 Å². The Morgan fingerprint density at radius 2 is 2.00 bits per heavy atom. The van der Waals surface area contributed by atoms with E-state index < -0.39 is 0 Å². The zero-order valence-corrected chi connectivity index (χ0v) is 13.0. The molecule has 19 heavy (non-hydrogen) atoms. The highest BCUT2D eigenvalue weighted by molar-refractivity contribution is 5.81. The quantitative estimate of drug-likeness (QED) is 0.774. The molecule has 1 saturated carbocycles. The summed E-state index contributed by atoms with van der Waals surface area (Å²) in [6, 6.07) is 0.708. The topological polar surface area (TPSA) is 58.4 Å². The highest BCUT2D eigenvalue weighted by Gasteiger charge is 2.30. The number of nitrogens with zero attached hydrogens (tertiary/aromatic N) is 1. The Balaban J connectivity index is 2.50. The van der Waals surface area contributed by atoms with Crippen LogP contribution >= 0.6 is 0 Å². The second kappa shape index (κ2) is 7.85. The minimum absolute atomic E-state index is 0.103. The highest BCUT2D eigenvalue weighted by Crippen LogP contribution is 2.22. The van der Waals surface area contributed by atoms with Gasteiger partial charge in [0.2, 0.25) is 5.91 Å². The van der Waals surface area contributed by atoms with Crippen LogP contribution in [-0.4, -0.2) is 42.0 Å². The van der Waals surface area contributed by atoms with Gasteiger partial charge in [-0.2, -0.15) is 0 Å². The van der Waals surface area contributed by atoms with Crippen molar-refractivity contribution in [3.63, 3.8) is 0 Å². The van der Waals surface area contributed by atoms with Gasteiger partial charge in [-0.05, 0) is 40.2 Å². The van der Waals surface area contributed by atoms with E-state index in [9.17, 15) is 4.79 Å². The summed E-state index contributed by atoms with van der Waals surface area (Å²) in [6.45, 7) is 6.19. The largest absolute Gasteiger partial charge is 0.352 e. The van der Waals surface area contributed by atoms with Crippen LogP contribution in [0.25, 0.3) is 0 Å². The van der Waals surface area contributed by atoms with Gasteiger partial charge in [0, 0.05) is 18.1 Å². The molecule has 0 aromatic rings. The SMILES string of the molecule is CCCC(C)NC(=O)C(C)N(C)C1CCCCC1N. The van der Waals surface area contributed by atoms with Crippen molar-refractivity contribution in [3.8, 4) is 0 Å². The predicted octanol–water partition coefficient (Wildman–Crippen LogP) is 1.88. The van der Waals surface area contributed by atoms with Gasteiger partial charge in [0.05, 0.1) is 6.04 Å². The van der Waals surface area contributed by atoms with Crippen LogP contribution in [0.3, 0.4) is 0 Å². The van der Waals surface area contributed by atoms with Crippen molar-refractivity contribution in [2.75, 3.05) is 7.05 Å². The van der Waals surface area contributed by atoms with Crippen molar-refractivity contribution in [2.45, 2.75) is 83.5 Å². The summed E-state index contributed by atoms with van der Waals surface area (Å²) < 4.78 is 0. The molecule has 0 aromatic carbocycles. The number of hydrogen-bond donors (Lipinski definition) is 2. The maximum absolute atomic E-state index is 12.2. The third-order valence-electron chi connectivity index (χ3n) is 4.41. The minimum atomic E-state index is -0.103. The lowest BCUT2D eigenvalue weighted by molar-refractivity contribution is -0.127. The Kier molecular flexibility index (Phi) is 6.80. The Bertz CT molecular complexity index is 283. The van der Waals surface area contributed by atoms with Gasteiger partial charge in [0.25, 0.3) is 0 Å². The van der Waals surface area contributed by atoms with Gasteiger partial charge in [-0.15, -0.1) is 0 Å². The van der Waals surface area contributed by atoms with Crippen LogP contribution in [0, 0.1) is 0 Å². The van der Waals surface area contributed by atoms with Gasteiger partial charge in [0.15, 0.2) is 0 Å². The van der Waals surface area contributed by atoms with Gasteiger partial charge < -0.3 is 11.1 Å². The molecule has 4 nitrogen and oxygen atoms in total. The van der Waals surface area contributed by atoms with E-state index in [1.807, 2.05) is 14.0 Å². The summed E-state index contributed by atoms with van der Waals surface area (Å²) in [5, 5.41) is 3.09. The van der Waals surface area contributed by atoms with Gasteiger partial charge in [0.1, 0.15) is 0 Å². The molecule has 1 aliphatic rings. The van der Waals surface area contributed by atoms with Crippen molar-refractivity contribution < 1.29 is 4.79 Å². The molecule has 0 heterocycles.